The number of imidazole rings is 1. The minimum absolute atomic E-state index is 0.0155. The first-order valence-corrected chi connectivity index (χ1v) is 11.6. The number of carbonyl (C=O) groups excluding carboxylic acids is 4. The first-order valence-electron chi connectivity index (χ1n) is 11.2. The summed E-state index contributed by atoms with van der Waals surface area (Å²) in [5.74, 6) is -2.46. The second kappa shape index (κ2) is 11.2. The number of nitrogens with zero attached hydrogens (tertiary/aromatic N) is 3. The van der Waals surface area contributed by atoms with E-state index in [0.717, 1.165) is 12.1 Å². The lowest BCUT2D eigenvalue weighted by atomic mass is 10.2. The fourth-order valence-electron chi connectivity index (χ4n) is 3.82. The molecule has 0 spiro atoms. The zero-order valence-corrected chi connectivity index (χ0v) is 20.2. The van der Waals surface area contributed by atoms with Gasteiger partial charge in [0.05, 0.1) is 23.5 Å². The number of H-pyrrole nitrogens is 1. The summed E-state index contributed by atoms with van der Waals surface area (Å²) in [6.45, 7) is 1.86. The van der Waals surface area contributed by atoms with Crippen molar-refractivity contribution < 1.29 is 23.6 Å². The van der Waals surface area contributed by atoms with Gasteiger partial charge in [0.2, 0.25) is 5.91 Å². The summed E-state index contributed by atoms with van der Waals surface area (Å²) in [6, 6.07) is 9.72. The molecule has 11 nitrogen and oxygen atoms in total. The molecule has 0 atom stereocenters. The maximum Gasteiger partial charge on any atom is 0.276 e. The topological polar surface area (TPSA) is 154 Å². The number of piperazine rings is 1. The smallest absolute Gasteiger partial charge is 0.276 e. The highest BCUT2D eigenvalue weighted by atomic mass is 35.5. The molecule has 37 heavy (non-hydrogen) atoms. The molecule has 1 aliphatic heterocycles. The summed E-state index contributed by atoms with van der Waals surface area (Å²) in [5, 5.41) is 5.30. The highest BCUT2D eigenvalue weighted by Crippen LogP contribution is 2.20. The molecule has 1 aromatic heterocycles. The third kappa shape index (κ3) is 6.29. The number of aromatic amines is 1. The third-order valence-corrected chi connectivity index (χ3v) is 6.00. The SMILES string of the molecule is NC(=O)CN1CCN(C(=O)c2[nH]cnc2C(=O)Nc2ccc(NC(=O)c3ccc(F)cc3Cl)cc2)CC1. The number of hydrogen-bond donors (Lipinski definition) is 4. The summed E-state index contributed by atoms with van der Waals surface area (Å²) in [4.78, 5) is 59.5. The first-order chi connectivity index (χ1) is 17.7. The molecule has 0 bridgehead atoms. The van der Waals surface area contributed by atoms with Crippen LogP contribution in [0.1, 0.15) is 31.3 Å². The van der Waals surface area contributed by atoms with Crippen molar-refractivity contribution in [1.29, 1.82) is 0 Å². The Bertz CT molecular complexity index is 1340. The molecule has 1 aliphatic rings. The quantitative estimate of drug-likeness (QED) is 0.368. The van der Waals surface area contributed by atoms with Crippen LogP contribution in [0.4, 0.5) is 15.8 Å². The summed E-state index contributed by atoms with van der Waals surface area (Å²) in [5.41, 5.74) is 6.16. The van der Waals surface area contributed by atoms with Crippen LogP contribution in [0.5, 0.6) is 0 Å². The zero-order chi connectivity index (χ0) is 26.5. The maximum atomic E-state index is 13.2. The lowest BCUT2D eigenvalue weighted by Gasteiger charge is -2.33. The van der Waals surface area contributed by atoms with Crippen molar-refractivity contribution in [2.75, 3.05) is 43.4 Å². The molecule has 0 aliphatic carbocycles. The van der Waals surface area contributed by atoms with E-state index in [2.05, 4.69) is 20.6 Å². The normalized spacial score (nSPS) is 13.7. The summed E-state index contributed by atoms with van der Waals surface area (Å²) < 4.78 is 13.2. The summed E-state index contributed by atoms with van der Waals surface area (Å²) in [7, 11) is 0. The predicted molar refractivity (Wildman–Crippen MR) is 134 cm³/mol. The van der Waals surface area contributed by atoms with E-state index in [0.29, 0.717) is 37.6 Å². The summed E-state index contributed by atoms with van der Waals surface area (Å²) in [6.07, 6.45) is 1.27. The lowest BCUT2D eigenvalue weighted by Crippen LogP contribution is -2.50. The minimum atomic E-state index is -0.591. The van der Waals surface area contributed by atoms with Crippen LogP contribution in [0, 0.1) is 5.82 Å². The molecule has 0 unspecified atom stereocenters. The van der Waals surface area contributed by atoms with Crippen LogP contribution in [-0.2, 0) is 4.79 Å². The molecule has 4 amide bonds. The molecule has 0 radical (unpaired) electrons. The average molecular weight is 528 g/mol. The van der Waals surface area contributed by atoms with Gasteiger partial charge in [0.15, 0.2) is 5.69 Å². The van der Waals surface area contributed by atoms with E-state index in [9.17, 15) is 23.6 Å². The van der Waals surface area contributed by atoms with Crippen LogP contribution in [0.25, 0.3) is 0 Å². The zero-order valence-electron chi connectivity index (χ0n) is 19.5. The van der Waals surface area contributed by atoms with E-state index in [4.69, 9.17) is 17.3 Å². The highest BCUT2D eigenvalue weighted by molar-refractivity contribution is 6.34. The van der Waals surface area contributed by atoms with Crippen LogP contribution in [0.2, 0.25) is 5.02 Å². The molecule has 192 valence electrons. The Hall–Kier alpha value is -4.29. The molecule has 4 rings (SSSR count). The van der Waals surface area contributed by atoms with Gasteiger partial charge >= 0.3 is 0 Å². The number of anilines is 2. The second-order valence-corrected chi connectivity index (χ2v) is 8.68. The molecule has 13 heteroatoms. The molecule has 0 saturated carbocycles. The van der Waals surface area contributed by atoms with Gasteiger partial charge in [0.25, 0.3) is 17.7 Å². The number of primary amides is 1. The van der Waals surface area contributed by atoms with E-state index in [1.165, 1.54) is 12.4 Å². The molecular formula is C24H23ClFN7O4. The number of carbonyl (C=O) groups is 4. The highest BCUT2D eigenvalue weighted by Gasteiger charge is 2.28. The van der Waals surface area contributed by atoms with Crippen LogP contribution < -0.4 is 16.4 Å². The molecule has 3 aromatic rings. The van der Waals surface area contributed by atoms with Gasteiger partial charge in [0, 0.05) is 37.6 Å². The number of hydrogen-bond acceptors (Lipinski definition) is 6. The van der Waals surface area contributed by atoms with Crippen molar-refractivity contribution in [3.05, 3.63) is 76.6 Å². The van der Waals surface area contributed by atoms with Crippen molar-refractivity contribution in [1.82, 2.24) is 19.8 Å². The van der Waals surface area contributed by atoms with Gasteiger partial charge in [-0.05, 0) is 42.5 Å². The largest absolute Gasteiger partial charge is 0.369 e. The number of nitrogens with two attached hydrogens (primary N) is 1. The van der Waals surface area contributed by atoms with Crippen LogP contribution >= 0.6 is 11.6 Å². The Morgan fingerprint density at radius 3 is 2.19 bits per heavy atom. The van der Waals surface area contributed by atoms with E-state index in [1.807, 2.05) is 4.90 Å². The van der Waals surface area contributed by atoms with Gasteiger partial charge in [-0.3, -0.25) is 24.1 Å². The van der Waals surface area contributed by atoms with Gasteiger partial charge < -0.3 is 26.3 Å². The fraction of sp³-hybridized carbons (Fsp3) is 0.208. The minimum Gasteiger partial charge on any atom is -0.369 e. The Kier molecular flexibility index (Phi) is 7.80. The van der Waals surface area contributed by atoms with Crippen LogP contribution in [0.15, 0.2) is 48.8 Å². The third-order valence-electron chi connectivity index (χ3n) is 5.68. The van der Waals surface area contributed by atoms with E-state index >= 15 is 0 Å². The first kappa shape index (κ1) is 25.8. The molecular weight excluding hydrogens is 505 g/mol. The number of aromatic nitrogens is 2. The van der Waals surface area contributed by atoms with E-state index in [-0.39, 0.29) is 34.4 Å². The van der Waals surface area contributed by atoms with Crippen LogP contribution in [-0.4, -0.2) is 76.1 Å². The van der Waals surface area contributed by atoms with E-state index < -0.39 is 23.5 Å². The van der Waals surface area contributed by atoms with Gasteiger partial charge in [-0.1, -0.05) is 11.6 Å². The van der Waals surface area contributed by atoms with Crippen LogP contribution in [0.3, 0.4) is 0 Å². The Morgan fingerprint density at radius 2 is 1.59 bits per heavy atom. The molecule has 5 N–H and O–H groups in total. The van der Waals surface area contributed by atoms with E-state index in [1.54, 1.807) is 29.2 Å². The molecule has 1 saturated heterocycles. The number of amides is 4. The van der Waals surface area contributed by atoms with Gasteiger partial charge in [-0.2, -0.15) is 0 Å². The Morgan fingerprint density at radius 1 is 0.973 bits per heavy atom. The van der Waals surface area contributed by atoms with Crippen molar-refractivity contribution in [3.63, 3.8) is 0 Å². The van der Waals surface area contributed by atoms with Gasteiger partial charge in [-0.25, -0.2) is 9.37 Å². The fourth-order valence-corrected chi connectivity index (χ4v) is 4.07. The standard InChI is InChI=1S/C24H23ClFN7O4/c25-18-11-14(26)1-6-17(18)22(35)30-15-2-4-16(5-3-15)31-23(36)20-21(29-13-28-20)24(37)33-9-7-32(8-10-33)12-19(27)34/h1-6,11,13H,7-10,12H2,(H2,27,34)(H,28,29)(H,30,35)(H,31,36). The molecule has 2 aromatic carbocycles. The number of nitrogens with one attached hydrogen (secondary N) is 3. The lowest BCUT2D eigenvalue weighted by molar-refractivity contribution is -0.119. The Labute approximate surface area is 215 Å². The van der Waals surface area contributed by atoms with Crippen molar-refractivity contribution in [3.8, 4) is 0 Å². The predicted octanol–water partition coefficient (Wildman–Crippen LogP) is 1.95. The monoisotopic (exact) mass is 527 g/mol. The molecule has 1 fully saturated rings. The van der Waals surface area contributed by atoms with Gasteiger partial charge in [0.1, 0.15) is 11.5 Å². The van der Waals surface area contributed by atoms with Gasteiger partial charge in [-0.15, -0.1) is 0 Å². The average Bonchev–Trinajstić information content (AvgIpc) is 3.35. The molecule has 2 heterocycles. The van der Waals surface area contributed by atoms with Crippen molar-refractivity contribution in [2.45, 2.75) is 0 Å². The number of benzene rings is 2. The van der Waals surface area contributed by atoms with Crippen molar-refractivity contribution in [2.24, 2.45) is 5.73 Å². The number of halogens is 2. The maximum absolute atomic E-state index is 13.2. The Balaban J connectivity index is 1.36. The summed E-state index contributed by atoms with van der Waals surface area (Å²) >= 11 is 5.93. The number of rotatable bonds is 7. The second-order valence-electron chi connectivity index (χ2n) is 8.27. The van der Waals surface area contributed by atoms with Crippen molar-refractivity contribution >= 4 is 46.6 Å².